The van der Waals surface area contributed by atoms with E-state index in [1.54, 1.807) is 0 Å². The van der Waals surface area contributed by atoms with Crippen LogP contribution in [0.4, 0.5) is 0 Å². The van der Waals surface area contributed by atoms with Crippen LogP contribution >= 0.6 is 0 Å². The maximum absolute atomic E-state index is 6.45. The van der Waals surface area contributed by atoms with E-state index >= 15 is 0 Å². The molecule has 0 radical (unpaired) electrons. The van der Waals surface area contributed by atoms with Crippen molar-refractivity contribution >= 4 is 25.8 Å². The summed E-state index contributed by atoms with van der Waals surface area (Å²) in [5.74, 6) is 1.98. The van der Waals surface area contributed by atoms with Gasteiger partial charge in [-0.15, -0.1) is 0 Å². The van der Waals surface area contributed by atoms with Crippen LogP contribution in [0.25, 0.3) is 40.0 Å². The van der Waals surface area contributed by atoms with Gasteiger partial charge in [-0.3, -0.25) is 0 Å². The average molecular weight is 619 g/mol. The van der Waals surface area contributed by atoms with E-state index in [1.807, 2.05) is 0 Å². The van der Waals surface area contributed by atoms with Crippen LogP contribution in [-0.2, 0) is 0 Å². The quantitative estimate of drug-likeness (QED) is 0.179. The van der Waals surface area contributed by atoms with Crippen molar-refractivity contribution in [3.63, 3.8) is 0 Å². The van der Waals surface area contributed by atoms with Crippen molar-refractivity contribution in [2.24, 2.45) is 0 Å². The van der Waals surface area contributed by atoms with Crippen LogP contribution in [0.3, 0.4) is 0 Å². The summed E-state index contributed by atoms with van der Waals surface area (Å²) in [5.41, 5.74) is 22.6. The number of benzene rings is 4. The van der Waals surface area contributed by atoms with Crippen LogP contribution in [-0.4, -0.2) is 8.07 Å². The van der Waals surface area contributed by atoms with E-state index in [9.17, 15) is 0 Å². The first kappa shape index (κ1) is 30.5. The Labute approximate surface area is 276 Å². The van der Waals surface area contributed by atoms with E-state index in [2.05, 4.69) is 153 Å². The molecule has 0 aliphatic heterocycles. The van der Waals surface area contributed by atoms with Crippen LogP contribution in [0.1, 0.15) is 85.2 Å². The van der Waals surface area contributed by atoms with Gasteiger partial charge in [0.15, 0.2) is 0 Å². The summed E-state index contributed by atoms with van der Waals surface area (Å²) >= 11 is 0. The van der Waals surface area contributed by atoms with E-state index in [0.717, 1.165) is 11.5 Å². The Kier molecular flexibility index (Phi) is 7.29. The lowest BCUT2D eigenvalue weighted by Gasteiger charge is -2.39. The van der Waals surface area contributed by atoms with Gasteiger partial charge in [0.25, 0.3) is 0 Å². The third kappa shape index (κ3) is 4.90. The number of allylic oxidation sites excluding steroid dienone is 2. The normalized spacial score (nSPS) is 17.2. The molecule has 0 saturated heterocycles. The van der Waals surface area contributed by atoms with Gasteiger partial charge < -0.3 is 4.42 Å². The summed E-state index contributed by atoms with van der Waals surface area (Å²) in [6.45, 7) is 23.1. The number of hydrogen-bond donors (Lipinski definition) is 0. The monoisotopic (exact) mass is 618 g/mol. The van der Waals surface area contributed by atoms with Gasteiger partial charge in [0.2, 0.25) is 0 Å². The lowest BCUT2D eigenvalue weighted by Crippen LogP contribution is -2.42. The van der Waals surface area contributed by atoms with Crippen LogP contribution in [0.2, 0.25) is 13.1 Å². The lowest BCUT2D eigenvalue weighted by atomic mass is 9.91. The molecule has 2 aliphatic rings. The van der Waals surface area contributed by atoms with Gasteiger partial charge in [0, 0.05) is 16.7 Å². The molecule has 0 saturated carbocycles. The molecule has 232 valence electrons. The summed E-state index contributed by atoms with van der Waals surface area (Å²) in [5, 5.41) is 0. The highest BCUT2D eigenvalue weighted by atomic mass is 28.3. The van der Waals surface area contributed by atoms with Gasteiger partial charge in [-0.2, -0.15) is 0 Å². The molecule has 1 aromatic heterocycles. The van der Waals surface area contributed by atoms with E-state index in [0.29, 0.717) is 11.1 Å². The summed E-state index contributed by atoms with van der Waals surface area (Å²) in [6, 6.07) is 27.9. The topological polar surface area (TPSA) is 13.1 Å². The third-order valence-electron chi connectivity index (χ3n) is 10.6. The van der Waals surface area contributed by atoms with Gasteiger partial charge >= 0.3 is 0 Å². The average Bonchev–Trinajstić information content (AvgIpc) is 3.66. The SMILES string of the molecule is CC1=Cc2c(ccc(C)c2-c2cc(C)cc(C)c2)C1[Si](C)(C)C1C(c2ccc(C)o2)=Cc2c1ccc(C)c2-c1cc(C)cc(C)c1. The Balaban J connectivity index is 1.43. The largest absolute Gasteiger partial charge is 0.462 e. The molecule has 0 amide bonds. The number of hydrogen-bond acceptors (Lipinski definition) is 1. The Hall–Kier alpha value is -4.14. The molecule has 0 spiro atoms. The van der Waals surface area contributed by atoms with E-state index < -0.39 is 8.07 Å². The Bertz CT molecular complexity index is 2070. The zero-order valence-electron chi connectivity index (χ0n) is 29.1. The molecular weight excluding hydrogens is 573 g/mol. The number of aryl methyl sites for hydroxylation is 7. The summed E-state index contributed by atoms with van der Waals surface area (Å²) in [6.07, 6.45) is 5.00. The molecule has 2 heteroatoms. The molecule has 7 rings (SSSR count). The number of fused-ring (bicyclic) bond motifs is 2. The van der Waals surface area contributed by atoms with Crippen molar-refractivity contribution < 1.29 is 4.42 Å². The zero-order valence-corrected chi connectivity index (χ0v) is 30.1. The predicted octanol–water partition coefficient (Wildman–Crippen LogP) is 12.4. The second-order valence-corrected chi connectivity index (χ2v) is 19.7. The van der Waals surface area contributed by atoms with Gasteiger partial charge in [0.05, 0.1) is 8.07 Å². The summed E-state index contributed by atoms with van der Waals surface area (Å²) < 4.78 is 6.45. The molecule has 2 unspecified atom stereocenters. The Morgan fingerprint density at radius 2 is 1.00 bits per heavy atom. The highest BCUT2D eigenvalue weighted by Gasteiger charge is 2.49. The van der Waals surface area contributed by atoms with Gasteiger partial charge in [-0.05, 0) is 129 Å². The molecule has 5 aromatic rings. The van der Waals surface area contributed by atoms with Crippen molar-refractivity contribution in [1.29, 1.82) is 0 Å². The fourth-order valence-electron chi connectivity index (χ4n) is 9.03. The van der Waals surface area contributed by atoms with E-state index in [1.165, 1.54) is 89.0 Å². The van der Waals surface area contributed by atoms with Gasteiger partial charge in [0.1, 0.15) is 11.5 Å². The molecular formula is C44H46OSi. The third-order valence-corrected chi connectivity index (χ3v) is 14.9. The van der Waals surface area contributed by atoms with Gasteiger partial charge in [-0.1, -0.05) is 108 Å². The van der Waals surface area contributed by atoms with Crippen LogP contribution < -0.4 is 0 Å². The molecule has 2 aliphatic carbocycles. The van der Waals surface area contributed by atoms with Crippen LogP contribution in [0.15, 0.2) is 82.8 Å². The second-order valence-electron chi connectivity index (χ2n) is 14.9. The van der Waals surface area contributed by atoms with Crippen molar-refractivity contribution in [2.45, 2.75) is 79.6 Å². The minimum Gasteiger partial charge on any atom is -0.462 e. The first-order valence-corrected chi connectivity index (χ1v) is 19.9. The van der Waals surface area contributed by atoms with Crippen molar-refractivity contribution in [1.82, 2.24) is 0 Å². The molecule has 1 heterocycles. The maximum atomic E-state index is 6.45. The van der Waals surface area contributed by atoms with Crippen molar-refractivity contribution in [3.05, 3.63) is 146 Å². The van der Waals surface area contributed by atoms with Crippen molar-refractivity contribution in [2.75, 3.05) is 0 Å². The molecule has 1 nitrogen and oxygen atoms in total. The van der Waals surface area contributed by atoms with Crippen LogP contribution in [0, 0.1) is 48.5 Å². The van der Waals surface area contributed by atoms with Gasteiger partial charge in [-0.25, -0.2) is 0 Å². The smallest absolute Gasteiger partial charge is 0.130 e. The molecule has 4 aromatic carbocycles. The molecule has 0 fully saturated rings. The minimum atomic E-state index is -2.16. The molecule has 0 bridgehead atoms. The summed E-state index contributed by atoms with van der Waals surface area (Å²) in [7, 11) is -2.16. The first-order valence-electron chi connectivity index (χ1n) is 16.7. The highest BCUT2D eigenvalue weighted by Crippen LogP contribution is 2.57. The fourth-order valence-corrected chi connectivity index (χ4v) is 13.8. The van der Waals surface area contributed by atoms with Crippen LogP contribution in [0.5, 0.6) is 0 Å². The van der Waals surface area contributed by atoms with E-state index in [-0.39, 0.29) is 0 Å². The standard InChI is InChI=1S/C44H46OSi/c1-25-17-26(2)20-33(19-25)41-29(5)11-14-35-37(41)23-31(7)43(35)46(9,10)44-36-15-12-30(6)42(34-21-27(3)18-28(4)22-34)38(36)24-39(44)40-16-13-32(8)45-40/h11-24,43-44H,1-10H3. The Morgan fingerprint density at radius 1 is 0.522 bits per heavy atom. The maximum Gasteiger partial charge on any atom is 0.130 e. The summed E-state index contributed by atoms with van der Waals surface area (Å²) in [4.78, 5) is 0. The Morgan fingerprint density at radius 3 is 1.48 bits per heavy atom. The molecule has 46 heavy (non-hydrogen) atoms. The number of rotatable bonds is 5. The zero-order chi connectivity index (χ0) is 32.7. The predicted molar refractivity (Wildman–Crippen MR) is 200 cm³/mol. The molecule has 2 atom stereocenters. The number of furan rings is 1. The molecule has 0 N–H and O–H groups in total. The van der Waals surface area contributed by atoms with E-state index in [4.69, 9.17) is 4.42 Å². The highest BCUT2D eigenvalue weighted by molar-refractivity contribution is 6.83. The van der Waals surface area contributed by atoms with Crippen molar-refractivity contribution in [3.8, 4) is 22.3 Å². The fraction of sp³-hybridized carbons (Fsp3) is 0.273. The first-order chi connectivity index (χ1) is 21.8. The second kappa shape index (κ2) is 11.0. The lowest BCUT2D eigenvalue weighted by molar-refractivity contribution is 0.520. The minimum absolute atomic E-state index is 0.295.